The minimum absolute atomic E-state index is 0.0294. The fourth-order valence-corrected chi connectivity index (χ4v) is 3.18. The maximum atomic E-state index is 12.7. The van der Waals surface area contributed by atoms with E-state index in [9.17, 15) is 18.0 Å². The van der Waals surface area contributed by atoms with Gasteiger partial charge in [-0.2, -0.15) is 13.2 Å². The highest BCUT2D eigenvalue weighted by Gasteiger charge is 2.32. The van der Waals surface area contributed by atoms with E-state index in [4.69, 9.17) is 23.2 Å². The van der Waals surface area contributed by atoms with Crippen molar-refractivity contribution in [3.8, 4) is 10.7 Å². The third-order valence-electron chi connectivity index (χ3n) is 3.14. The fourth-order valence-electron chi connectivity index (χ4n) is 1.93. The summed E-state index contributed by atoms with van der Waals surface area (Å²) in [6, 6.07) is 6.77. The number of urea groups is 1. The molecule has 6 nitrogen and oxygen atoms in total. The van der Waals surface area contributed by atoms with Gasteiger partial charge in [-0.1, -0.05) is 46.7 Å². The predicted octanol–water partition coefficient (Wildman–Crippen LogP) is 5.57. The van der Waals surface area contributed by atoms with Crippen LogP contribution < -0.4 is 10.6 Å². The van der Waals surface area contributed by atoms with Gasteiger partial charge in [0.1, 0.15) is 5.69 Å². The Morgan fingerprint density at radius 2 is 1.81 bits per heavy atom. The minimum Gasteiger partial charge on any atom is -0.306 e. The zero-order valence-electron chi connectivity index (χ0n) is 13.0. The molecule has 0 fully saturated rings. The van der Waals surface area contributed by atoms with E-state index in [0.29, 0.717) is 16.9 Å². The van der Waals surface area contributed by atoms with Crippen LogP contribution in [0, 0.1) is 0 Å². The number of nitrogens with one attached hydrogen (secondary N) is 2. The van der Waals surface area contributed by atoms with Gasteiger partial charge in [0.25, 0.3) is 0 Å². The molecule has 0 aliphatic heterocycles. The SMILES string of the molecule is O=C(Nc1nnc(-c2ncc(C(F)(F)F)cc2Cl)s1)Nc1ccccc1Cl. The summed E-state index contributed by atoms with van der Waals surface area (Å²) in [6.07, 6.45) is -3.90. The first-order valence-corrected chi connectivity index (χ1v) is 8.70. The van der Waals surface area contributed by atoms with E-state index >= 15 is 0 Å². The Hall–Kier alpha value is -2.43. The molecule has 0 saturated carbocycles. The van der Waals surface area contributed by atoms with Gasteiger partial charge in [0, 0.05) is 6.20 Å². The Bertz CT molecular complexity index is 996. The Kier molecular flexibility index (Phi) is 5.49. The molecule has 3 rings (SSSR count). The highest BCUT2D eigenvalue weighted by Crippen LogP contribution is 2.35. The molecule has 0 unspecified atom stereocenters. The number of benzene rings is 1. The molecule has 0 spiro atoms. The van der Waals surface area contributed by atoms with Gasteiger partial charge >= 0.3 is 12.2 Å². The molecule has 0 atom stereocenters. The number of anilines is 2. The molecule has 0 radical (unpaired) electrons. The topological polar surface area (TPSA) is 79.8 Å². The maximum absolute atomic E-state index is 12.7. The Morgan fingerprint density at radius 3 is 2.48 bits per heavy atom. The lowest BCUT2D eigenvalue weighted by Crippen LogP contribution is -2.19. The second-order valence-electron chi connectivity index (χ2n) is 5.02. The maximum Gasteiger partial charge on any atom is 0.417 e. The van der Waals surface area contributed by atoms with E-state index in [1.54, 1.807) is 24.3 Å². The first kappa shape index (κ1) is 19.3. The van der Waals surface area contributed by atoms with Gasteiger partial charge in [0.2, 0.25) is 5.13 Å². The average molecular weight is 434 g/mol. The molecule has 2 N–H and O–H groups in total. The van der Waals surface area contributed by atoms with Crippen LogP contribution in [0.2, 0.25) is 10.0 Å². The van der Waals surface area contributed by atoms with E-state index in [0.717, 1.165) is 17.4 Å². The van der Waals surface area contributed by atoms with Crippen LogP contribution in [0.4, 0.5) is 28.8 Å². The monoisotopic (exact) mass is 433 g/mol. The molecule has 0 aliphatic rings. The number of halogens is 5. The van der Waals surface area contributed by atoms with Crippen LogP contribution in [-0.4, -0.2) is 21.2 Å². The molecule has 3 aromatic rings. The van der Waals surface area contributed by atoms with E-state index in [-0.39, 0.29) is 20.9 Å². The number of para-hydroxylation sites is 1. The van der Waals surface area contributed by atoms with Crippen molar-refractivity contribution in [1.29, 1.82) is 0 Å². The van der Waals surface area contributed by atoms with Crippen LogP contribution in [0.5, 0.6) is 0 Å². The van der Waals surface area contributed by atoms with Crippen molar-refractivity contribution < 1.29 is 18.0 Å². The largest absolute Gasteiger partial charge is 0.417 e. The number of amides is 2. The van der Waals surface area contributed by atoms with Crippen molar-refractivity contribution in [1.82, 2.24) is 15.2 Å². The fraction of sp³-hybridized carbons (Fsp3) is 0.0667. The third kappa shape index (κ3) is 4.65. The van der Waals surface area contributed by atoms with E-state index in [1.807, 2.05) is 0 Å². The lowest BCUT2D eigenvalue weighted by atomic mass is 10.2. The molecular weight excluding hydrogens is 426 g/mol. The van der Waals surface area contributed by atoms with Crippen molar-refractivity contribution >= 4 is 51.4 Å². The highest BCUT2D eigenvalue weighted by molar-refractivity contribution is 7.18. The second-order valence-corrected chi connectivity index (χ2v) is 6.82. The van der Waals surface area contributed by atoms with Crippen LogP contribution in [0.1, 0.15) is 5.56 Å². The lowest BCUT2D eigenvalue weighted by molar-refractivity contribution is -0.137. The summed E-state index contributed by atoms with van der Waals surface area (Å²) in [4.78, 5) is 15.7. The van der Waals surface area contributed by atoms with Crippen LogP contribution in [-0.2, 0) is 6.18 Å². The predicted molar refractivity (Wildman–Crippen MR) is 97.2 cm³/mol. The number of alkyl halides is 3. The number of rotatable bonds is 3. The summed E-state index contributed by atoms with van der Waals surface area (Å²) in [6.45, 7) is 0. The molecule has 27 heavy (non-hydrogen) atoms. The summed E-state index contributed by atoms with van der Waals surface area (Å²) in [5.41, 5.74) is -0.547. The normalized spacial score (nSPS) is 11.3. The highest BCUT2D eigenvalue weighted by atomic mass is 35.5. The summed E-state index contributed by atoms with van der Waals surface area (Å²) in [7, 11) is 0. The first-order chi connectivity index (χ1) is 12.7. The first-order valence-electron chi connectivity index (χ1n) is 7.13. The van der Waals surface area contributed by atoms with E-state index in [2.05, 4.69) is 25.8 Å². The van der Waals surface area contributed by atoms with Gasteiger partial charge in [-0.15, -0.1) is 10.2 Å². The lowest BCUT2D eigenvalue weighted by Gasteiger charge is -2.07. The van der Waals surface area contributed by atoms with Crippen molar-refractivity contribution in [3.63, 3.8) is 0 Å². The number of nitrogens with zero attached hydrogens (tertiary/aromatic N) is 3. The number of hydrogen-bond donors (Lipinski definition) is 2. The molecule has 12 heteroatoms. The minimum atomic E-state index is -4.56. The van der Waals surface area contributed by atoms with E-state index in [1.165, 1.54) is 0 Å². The van der Waals surface area contributed by atoms with Gasteiger partial charge < -0.3 is 5.32 Å². The van der Waals surface area contributed by atoms with E-state index < -0.39 is 17.8 Å². The van der Waals surface area contributed by atoms with Crippen LogP contribution >= 0.6 is 34.5 Å². The third-order valence-corrected chi connectivity index (χ3v) is 4.60. The van der Waals surface area contributed by atoms with Crippen LogP contribution in [0.25, 0.3) is 10.7 Å². The van der Waals surface area contributed by atoms with Gasteiger partial charge in [0.05, 0.1) is 21.3 Å². The smallest absolute Gasteiger partial charge is 0.306 e. The van der Waals surface area contributed by atoms with Crippen molar-refractivity contribution in [2.45, 2.75) is 6.18 Å². The molecule has 2 amide bonds. The van der Waals surface area contributed by atoms with Gasteiger partial charge in [0.15, 0.2) is 5.01 Å². The van der Waals surface area contributed by atoms with Gasteiger partial charge in [-0.3, -0.25) is 10.3 Å². The molecule has 140 valence electrons. The molecule has 2 aromatic heterocycles. The summed E-state index contributed by atoms with van der Waals surface area (Å²) in [5, 5.41) is 12.9. The zero-order chi connectivity index (χ0) is 19.6. The number of pyridine rings is 1. The number of carbonyl (C=O) groups is 1. The summed E-state index contributed by atoms with van der Waals surface area (Å²) >= 11 is 12.7. The molecule has 0 saturated heterocycles. The molecule has 2 heterocycles. The second kappa shape index (κ2) is 7.67. The summed E-state index contributed by atoms with van der Waals surface area (Å²) in [5.74, 6) is 0. The quantitative estimate of drug-likeness (QED) is 0.565. The zero-order valence-corrected chi connectivity index (χ0v) is 15.3. The number of carbonyl (C=O) groups excluding carboxylic acids is 1. The number of hydrogen-bond acceptors (Lipinski definition) is 5. The standard InChI is InChI=1S/C15H8Cl2F3N5OS/c16-8-3-1-2-4-10(8)22-13(26)23-14-25-24-12(27-14)11-9(17)5-7(6-21-11)15(18,19)20/h1-6H,(H2,22,23,25,26). The number of aromatic nitrogens is 3. The van der Waals surface area contributed by atoms with Crippen molar-refractivity contribution in [2.24, 2.45) is 0 Å². The van der Waals surface area contributed by atoms with Crippen molar-refractivity contribution in [2.75, 3.05) is 10.6 Å². The Labute approximate surface area is 164 Å². The Morgan fingerprint density at radius 1 is 1.07 bits per heavy atom. The molecule has 1 aromatic carbocycles. The average Bonchev–Trinajstić information content (AvgIpc) is 3.04. The Balaban J connectivity index is 1.73. The molecule has 0 aliphatic carbocycles. The van der Waals surface area contributed by atoms with Crippen molar-refractivity contribution in [3.05, 3.63) is 52.1 Å². The van der Waals surface area contributed by atoms with Crippen LogP contribution in [0.3, 0.4) is 0 Å². The molecule has 0 bridgehead atoms. The van der Waals surface area contributed by atoms with Gasteiger partial charge in [-0.25, -0.2) is 4.79 Å². The summed E-state index contributed by atoms with van der Waals surface area (Å²) < 4.78 is 38.0. The van der Waals surface area contributed by atoms with Gasteiger partial charge in [-0.05, 0) is 18.2 Å². The molecular formula is C15H8Cl2F3N5OS. The van der Waals surface area contributed by atoms with Crippen LogP contribution in [0.15, 0.2) is 36.5 Å².